The second kappa shape index (κ2) is 10.2. The van der Waals surface area contributed by atoms with Crippen LogP contribution in [-0.4, -0.2) is 75.8 Å². The van der Waals surface area contributed by atoms with Crippen molar-refractivity contribution in [2.75, 3.05) is 27.2 Å². The number of likely N-dealkylation sites (N-methyl/N-ethyl adjacent to an activating group) is 1. The molecular formula is C31H35N3O7. The van der Waals surface area contributed by atoms with Gasteiger partial charge in [0, 0.05) is 11.1 Å². The third-order valence-corrected chi connectivity index (χ3v) is 9.21. The number of aromatic hydroxyl groups is 1. The van der Waals surface area contributed by atoms with Gasteiger partial charge in [-0.2, -0.15) is 0 Å². The molecule has 2 aromatic rings. The van der Waals surface area contributed by atoms with Gasteiger partial charge in [-0.1, -0.05) is 6.42 Å². The standard InChI is InChI=1S/C31H35N3O7/c1-33(2)26-19-13-15-12-18-17(21-9-6-16(41-21)14-34-10-4-3-5-11-34)7-8-20(35)23(18)27(36)22(15)28(37)24(19)29(38)25(30(26)39)31(32)40/h6-9,15,19,24,26,35,37,39H,3-5,10-14H2,1-2H3,(H2,32,40)/t15?,19?,24?,26-/m0/s1. The molecule has 5 N–H and O–H groups in total. The van der Waals surface area contributed by atoms with Gasteiger partial charge in [-0.15, -0.1) is 0 Å². The summed E-state index contributed by atoms with van der Waals surface area (Å²) in [5, 5.41) is 33.2. The molecule has 0 saturated carbocycles. The fraction of sp³-hybridized carbons (Fsp3) is 0.452. The summed E-state index contributed by atoms with van der Waals surface area (Å²) in [5.74, 6) is -4.34. The van der Waals surface area contributed by atoms with Crippen molar-refractivity contribution in [2.24, 2.45) is 23.5 Å². The van der Waals surface area contributed by atoms with Gasteiger partial charge in [-0.3, -0.25) is 24.2 Å². The number of fused-ring (bicyclic) bond motifs is 3. The number of phenols is 1. The predicted molar refractivity (Wildman–Crippen MR) is 149 cm³/mol. The van der Waals surface area contributed by atoms with Crippen molar-refractivity contribution in [1.29, 1.82) is 0 Å². The van der Waals surface area contributed by atoms with E-state index in [-0.39, 0.29) is 16.9 Å². The molecule has 6 rings (SSSR count). The number of aliphatic hydroxyl groups excluding tert-OH is 2. The summed E-state index contributed by atoms with van der Waals surface area (Å²) in [7, 11) is 3.41. The molecule has 1 fully saturated rings. The summed E-state index contributed by atoms with van der Waals surface area (Å²) in [6.45, 7) is 2.77. The van der Waals surface area contributed by atoms with Crippen LogP contribution in [0, 0.1) is 17.8 Å². The molecule has 0 spiro atoms. The van der Waals surface area contributed by atoms with E-state index in [1.165, 1.54) is 25.3 Å². The van der Waals surface area contributed by atoms with Gasteiger partial charge >= 0.3 is 0 Å². The first-order valence-electron chi connectivity index (χ1n) is 14.2. The second-order valence-corrected chi connectivity index (χ2v) is 11.9. The molecule has 0 bridgehead atoms. The zero-order valence-electron chi connectivity index (χ0n) is 23.2. The fourth-order valence-electron chi connectivity index (χ4n) is 7.44. The van der Waals surface area contributed by atoms with Crippen LogP contribution in [-0.2, 0) is 22.6 Å². The quantitative estimate of drug-likeness (QED) is 0.402. The Morgan fingerprint density at radius 3 is 2.46 bits per heavy atom. The second-order valence-electron chi connectivity index (χ2n) is 11.9. The highest BCUT2D eigenvalue weighted by Gasteiger charge is 2.54. The molecule has 3 aliphatic carbocycles. The summed E-state index contributed by atoms with van der Waals surface area (Å²) < 4.78 is 6.24. The van der Waals surface area contributed by atoms with E-state index < -0.39 is 58.4 Å². The molecule has 41 heavy (non-hydrogen) atoms. The molecule has 1 aromatic carbocycles. The lowest BCUT2D eigenvalue weighted by Crippen LogP contribution is -2.53. The molecule has 0 radical (unpaired) electrons. The molecule has 1 amide bonds. The monoisotopic (exact) mass is 561 g/mol. The average molecular weight is 562 g/mol. The maximum atomic E-state index is 13.9. The number of phenolic OH excluding ortho intramolecular Hbond substituents is 1. The highest BCUT2D eigenvalue weighted by Crippen LogP contribution is 2.51. The lowest BCUT2D eigenvalue weighted by Gasteiger charge is -2.46. The van der Waals surface area contributed by atoms with E-state index in [1.54, 1.807) is 25.1 Å². The molecule has 4 aliphatic rings. The smallest absolute Gasteiger partial charge is 0.255 e. The Labute approximate surface area is 237 Å². The van der Waals surface area contributed by atoms with Crippen LogP contribution >= 0.6 is 0 Å². The Morgan fingerprint density at radius 1 is 1.05 bits per heavy atom. The maximum absolute atomic E-state index is 13.9. The van der Waals surface area contributed by atoms with E-state index in [0.29, 0.717) is 36.3 Å². The van der Waals surface area contributed by atoms with E-state index in [9.17, 15) is 29.7 Å². The SMILES string of the molecule is CN(C)[C@@H]1C(O)=C(C(N)=O)C(=O)C2C(O)=C3C(=O)c4c(O)ccc(-c5ccc(CN6CCCCC6)o5)c4CC3CC21. The Bertz CT molecular complexity index is 1510. The number of Topliss-reactive ketones (excluding diaryl/α,β-unsaturated/α-hetero) is 2. The van der Waals surface area contributed by atoms with Crippen molar-refractivity contribution in [2.45, 2.75) is 44.7 Å². The van der Waals surface area contributed by atoms with Gasteiger partial charge in [0.05, 0.1) is 24.1 Å². The molecule has 1 aliphatic heterocycles. The van der Waals surface area contributed by atoms with Gasteiger partial charge in [0.1, 0.15) is 34.4 Å². The van der Waals surface area contributed by atoms with Crippen LogP contribution in [0.5, 0.6) is 5.75 Å². The number of hydrogen-bond acceptors (Lipinski definition) is 9. The van der Waals surface area contributed by atoms with Gasteiger partial charge in [-0.25, -0.2) is 0 Å². The minimum absolute atomic E-state index is 0.0625. The number of aliphatic hydroxyl groups is 2. The van der Waals surface area contributed by atoms with E-state index in [0.717, 1.165) is 18.8 Å². The summed E-state index contributed by atoms with van der Waals surface area (Å²) in [6, 6.07) is 6.25. The van der Waals surface area contributed by atoms with E-state index in [4.69, 9.17) is 10.2 Å². The third-order valence-electron chi connectivity index (χ3n) is 9.21. The van der Waals surface area contributed by atoms with Crippen molar-refractivity contribution < 1.29 is 34.1 Å². The van der Waals surface area contributed by atoms with Crippen LogP contribution in [0.3, 0.4) is 0 Å². The number of furan rings is 1. The van der Waals surface area contributed by atoms with Crippen molar-refractivity contribution in [1.82, 2.24) is 9.80 Å². The summed E-state index contributed by atoms with van der Waals surface area (Å²) in [5.41, 5.74) is 6.34. The first kappa shape index (κ1) is 27.3. The minimum atomic E-state index is -1.20. The van der Waals surface area contributed by atoms with E-state index in [1.807, 2.05) is 12.1 Å². The van der Waals surface area contributed by atoms with Gasteiger partial charge < -0.3 is 25.5 Å². The number of primary amides is 1. The topological polar surface area (TPSA) is 158 Å². The number of carbonyl (C=O) groups excluding carboxylic acids is 3. The number of likely N-dealkylation sites (tertiary alicyclic amines) is 1. The normalized spacial score (nSPS) is 26.7. The summed E-state index contributed by atoms with van der Waals surface area (Å²) in [6.07, 6.45) is 4.20. The number of hydrogen-bond donors (Lipinski definition) is 4. The summed E-state index contributed by atoms with van der Waals surface area (Å²) in [4.78, 5) is 43.4. The first-order valence-corrected chi connectivity index (χ1v) is 14.2. The van der Waals surface area contributed by atoms with Crippen molar-refractivity contribution >= 4 is 17.5 Å². The molecule has 1 aromatic heterocycles. The highest BCUT2D eigenvalue weighted by molar-refractivity contribution is 6.22. The summed E-state index contributed by atoms with van der Waals surface area (Å²) >= 11 is 0. The van der Waals surface area contributed by atoms with Gasteiger partial charge in [0.15, 0.2) is 11.6 Å². The Kier molecular flexibility index (Phi) is 6.78. The van der Waals surface area contributed by atoms with Crippen LogP contribution in [0.15, 0.2) is 51.3 Å². The number of carbonyl (C=O) groups is 3. The molecule has 3 unspecified atom stereocenters. The average Bonchev–Trinajstić information content (AvgIpc) is 3.36. The Morgan fingerprint density at radius 2 is 1.78 bits per heavy atom. The van der Waals surface area contributed by atoms with Gasteiger partial charge in [0.2, 0.25) is 0 Å². The van der Waals surface area contributed by atoms with Gasteiger partial charge in [-0.05, 0) is 94.5 Å². The number of ketones is 2. The number of rotatable bonds is 5. The van der Waals surface area contributed by atoms with Crippen LogP contribution in [0.4, 0.5) is 0 Å². The number of nitrogens with zero attached hydrogens (tertiary/aromatic N) is 2. The lowest BCUT2D eigenvalue weighted by atomic mass is 9.60. The van der Waals surface area contributed by atoms with Crippen LogP contribution in [0.25, 0.3) is 11.3 Å². The minimum Gasteiger partial charge on any atom is -0.511 e. The van der Waals surface area contributed by atoms with Crippen molar-refractivity contribution in [3.63, 3.8) is 0 Å². The van der Waals surface area contributed by atoms with Crippen LogP contribution < -0.4 is 5.73 Å². The number of allylic oxidation sites excluding steroid dienone is 2. The van der Waals surface area contributed by atoms with Crippen LogP contribution in [0.2, 0.25) is 0 Å². The van der Waals surface area contributed by atoms with E-state index >= 15 is 0 Å². The highest BCUT2D eigenvalue weighted by atomic mass is 16.3. The van der Waals surface area contributed by atoms with Crippen molar-refractivity contribution in [3.05, 3.63) is 63.8 Å². The number of benzene rings is 1. The lowest BCUT2D eigenvalue weighted by molar-refractivity contribution is -0.127. The predicted octanol–water partition coefficient (Wildman–Crippen LogP) is 3.25. The Balaban J connectivity index is 1.40. The van der Waals surface area contributed by atoms with Gasteiger partial charge in [0.25, 0.3) is 5.91 Å². The molecule has 4 atom stereocenters. The zero-order valence-corrected chi connectivity index (χ0v) is 23.2. The largest absolute Gasteiger partial charge is 0.511 e. The molecule has 1 saturated heterocycles. The third kappa shape index (κ3) is 4.36. The first-order chi connectivity index (χ1) is 19.6. The number of amides is 1. The number of piperidine rings is 1. The maximum Gasteiger partial charge on any atom is 0.255 e. The zero-order chi connectivity index (χ0) is 29.2. The molecular weight excluding hydrogens is 526 g/mol. The number of nitrogens with two attached hydrogens (primary N) is 1. The van der Waals surface area contributed by atoms with Crippen molar-refractivity contribution in [3.8, 4) is 17.1 Å². The molecule has 10 nitrogen and oxygen atoms in total. The molecule has 2 heterocycles. The molecule has 10 heteroatoms. The van der Waals surface area contributed by atoms with E-state index in [2.05, 4.69) is 4.90 Å². The fourth-order valence-corrected chi connectivity index (χ4v) is 7.44. The molecule has 216 valence electrons. The van der Waals surface area contributed by atoms with Crippen LogP contribution in [0.1, 0.15) is 47.4 Å². The Hall–Kier alpha value is -3.89.